The Bertz CT molecular complexity index is 940. The normalized spacial score (nSPS) is 24.0. The van der Waals surface area contributed by atoms with Gasteiger partial charge in [0.05, 0.1) is 5.69 Å². The predicted octanol–water partition coefficient (Wildman–Crippen LogP) is 2.15. The predicted molar refractivity (Wildman–Crippen MR) is 103 cm³/mol. The van der Waals surface area contributed by atoms with Crippen molar-refractivity contribution in [2.24, 2.45) is 5.92 Å². The summed E-state index contributed by atoms with van der Waals surface area (Å²) in [5.41, 5.74) is 1.07. The summed E-state index contributed by atoms with van der Waals surface area (Å²) in [5.74, 6) is -1.08. The minimum absolute atomic E-state index is 0.0460. The third-order valence-corrected chi connectivity index (χ3v) is 5.88. The van der Waals surface area contributed by atoms with Crippen LogP contribution in [-0.4, -0.2) is 43.7 Å². The van der Waals surface area contributed by atoms with Gasteiger partial charge >= 0.3 is 5.97 Å². The van der Waals surface area contributed by atoms with E-state index in [1.165, 1.54) is 11.0 Å². The standard InChI is InChI=1S/C21H23N3O4/c25-19-11-10-16(14-6-2-1-3-7-14)22-23(19)13-20(26)24-17-9-5-4-8-15(17)12-18(24)21(27)28/h1-3,6-7,10-11,15,17-18H,4-5,8-9,12-13H2,(H,27,28)/t15-,17-,18+/m1/s1. The number of aromatic nitrogens is 2. The Morgan fingerprint density at radius 1 is 1.07 bits per heavy atom. The molecule has 1 aromatic carbocycles. The fraction of sp³-hybridized carbons (Fsp3) is 0.429. The molecule has 0 spiro atoms. The molecule has 0 radical (unpaired) electrons. The topological polar surface area (TPSA) is 92.5 Å². The van der Waals surface area contributed by atoms with E-state index in [0.29, 0.717) is 12.1 Å². The number of carbonyl (C=O) groups excluding carboxylic acids is 1. The average molecular weight is 381 g/mol. The van der Waals surface area contributed by atoms with Gasteiger partial charge in [-0.3, -0.25) is 9.59 Å². The number of carboxylic acids is 1. The summed E-state index contributed by atoms with van der Waals surface area (Å²) < 4.78 is 1.14. The number of carboxylic acid groups (broad SMARTS) is 1. The van der Waals surface area contributed by atoms with E-state index in [1.54, 1.807) is 6.07 Å². The van der Waals surface area contributed by atoms with Crippen molar-refractivity contribution < 1.29 is 14.7 Å². The SMILES string of the molecule is O=C(O)[C@@H]1C[C@H]2CCCC[C@H]2N1C(=O)Cn1nc(-c2ccccc2)ccc1=O. The molecule has 1 aromatic heterocycles. The summed E-state index contributed by atoms with van der Waals surface area (Å²) in [6.45, 7) is -0.244. The smallest absolute Gasteiger partial charge is 0.326 e. The molecule has 1 aliphatic heterocycles. The summed E-state index contributed by atoms with van der Waals surface area (Å²) in [7, 11) is 0. The molecular formula is C21H23N3O4. The van der Waals surface area contributed by atoms with Gasteiger partial charge in [-0.05, 0) is 31.2 Å². The number of hydrogen-bond acceptors (Lipinski definition) is 4. The Kier molecular flexibility index (Phi) is 4.98. The number of aliphatic carboxylic acids is 1. The summed E-state index contributed by atoms with van der Waals surface area (Å²) in [4.78, 5) is 38.6. The van der Waals surface area contributed by atoms with Gasteiger partial charge in [0.1, 0.15) is 12.6 Å². The van der Waals surface area contributed by atoms with Crippen LogP contribution in [-0.2, 0) is 16.1 Å². The zero-order valence-electron chi connectivity index (χ0n) is 15.5. The third kappa shape index (κ3) is 3.44. The van der Waals surface area contributed by atoms with Crippen LogP contribution in [0.1, 0.15) is 32.1 Å². The van der Waals surface area contributed by atoms with E-state index in [4.69, 9.17) is 0 Å². The molecule has 28 heavy (non-hydrogen) atoms. The summed E-state index contributed by atoms with van der Waals surface area (Å²) in [6, 6.07) is 11.6. The van der Waals surface area contributed by atoms with Crippen LogP contribution in [0.15, 0.2) is 47.3 Å². The van der Waals surface area contributed by atoms with Gasteiger partial charge in [0, 0.05) is 17.7 Å². The minimum atomic E-state index is -0.971. The first-order valence-electron chi connectivity index (χ1n) is 9.72. The molecule has 1 amide bonds. The second-order valence-electron chi connectivity index (χ2n) is 7.58. The number of likely N-dealkylation sites (tertiary alicyclic amines) is 1. The Labute approximate surface area is 162 Å². The largest absolute Gasteiger partial charge is 0.480 e. The Hall–Kier alpha value is -2.96. The van der Waals surface area contributed by atoms with Crippen molar-refractivity contribution in [2.75, 3.05) is 0 Å². The van der Waals surface area contributed by atoms with Crippen LogP contribution >= 0.6 is 0 Å². The van der Waals surface area contributed by atoms with Gasteiger partial charge < -0.3 is 10.0 Å². The van der Waals surface area contributed by atoms with E-state index in [1.807, 2.05) is 30.3 Å². The third-order valence-electron chi connectivity index (χ3n) is 5.88. The van der Waals surface area contributed by atoms with Crippen molar-refractivity contribution in [2.45, 2.75) is 50.7 Å². The van der Waals surface area contributed by atoms with Crippen LogP contribution < -0.4 is 5.56 Å². The van der Waals surface area contributed by atoms with Crippen LogP contribution in [0.3, 0.4) is 0 Å². The number of hydrogen-bond donors (Lipinski definition) is 1. The number of nitrogens with zero attached hydrogens (tertiary/aromatic N) is 3. The maximum atomic E-state index is 13.0. The molecule has 7 heteroatoms. The molecule has 7 nitrogen and oxygen atoms in total. The highest BCUT2D eigenvalue weighted by Crippen LogP contribution is 2.39. The van der Waals surface area contributed by atoms with Crippen molar-refractivity contribution in [1.29, 1.82) is 0 Å². The molecule has 1 N–H and O–H groups in total. The lowest BCUT2D eigenvalue weighted by molar-refractivity contribution is -0.150. The molecule has 4 rings (SSSR count). The first-order valence-corrected chi connectivity index (χ1v) is 9.72. The lowest BCUT2D eigenvalue weighted by Gasteiger charge is -2.33. The molecule has 1 saturated carbocycles. The first kappa shape index (κ1) is 18.4. The fourth-order valence-corrected chi connectivity index (χ4v) is 4.57. The summed E-state index contributed by atoms with van der Waals surface area (Å²) in [5, 5.41) is 14.0. The molecule has 146 valence electrons. The maximum absolute atomic E-state index is 13.0. The monoisotopic (exact) mass is 381 g/mol. The van der Waals surface area contributed by atoms with E-state index in [-0.39, 0.29) is 30.0 Å². The van der Waals surface area contributed by atoms with E-state index < -0.39 is 12.0 Å². The number of amides is 1. The average Bonchev–Trinajstić information content (AvgIpc) is 3.10. The number of benzene rings is 1. The van der Waals surface area contributed by atoms with E-state index in [0.717, 1.165) is 35.9 Å². The van der Waals surface area contributed by atoms with Gasteiger partial charge in [-0.2, -0.15) is 5.10 Å². The highest BCUT2D eigenvalue weighted by atomic mass is 16.4. The minimum Gasteiger partial charge on any atom is -0.480 e. The van der Waals surface area contributed by atoms with E-state index in [9.17, 15) is 19.5 Å². The summed E-state index contributed by atoms with van der Waals surface area (Å²) >= 11 is 0. The highest BCUT2D eigenvalue weighted by Gasteiger charge is 2.47. The number of rotatable bonds is 4. The number of carbonyl (C=O) groups is 2. The molecule has 0 bridgehead atoms. The first-order chi connectivity index (χ1) is 13.5. The molecular weight excluding hydrogens is 358 g/mol. The lowest BCUT2D eigenvalue weighted by atomic mass is 9.85. The Balaban J connectivity index is 1.60. The van der Waals surface area contributed by atoms with Crippen LogP contribution in [0.5, 0.6) is 0 Å². The molecule has 2 aliphatic rings. The van der Waals surface area contributed by atoms with Gasteiger partial charge in [0.25, 0.3) is 5.56 Å². The van der Waals surface area contributed by atoms with Gasteiger partial charge in [0.2, 0.25) is 5.91 Å². The van der Waals surface area contributed by atoms with Gasteiger partial charge in [-0.1, -0.05) is 43.2 Å². The molecule has 3 atom stereocenters. The lowest BCUT2D eigenvalue weighted by Crippen LogP contribution is -2.48. The van der Waals surface area contributed by atoms with Gasteiger partial charge in [-0.25, -0.2) is 9.48 Å². The van der Waals surface area contributed by atoms with Crippen molar-refractivity contribution >= 4 is 11.9 Å². The second-order valence-corrected chi connectivity index (χ2v) is 7.58. The zero-order valence-corrected chi connectivity index (χ0v) is 15.5. The number of fused-ring (bicyclic) bond motifs is 1. The van der Waals surface area contributed by atoms with Crippen molar-refractivity contribution in [3.63, 3.8) is 0 Å². The van der Waals surface area contributed by atoms with Crippen molar-refractivity contribution in [1.82, 2.24) is 14.7 Å². The molecule has 2 fully saturated rings. The molecule has 0 unspecified atom stereocenters. The quantitative estimate of drug-likeness (QED) is 0.876. The fourth-order valence-electron chi connectivity index (χ4n) is 4.57. The summed E-state index contributed by atoms with van der Waals surface area (Å²) in [6.07, 6.45) is 4.36. The molecule has 1 saturated heterocycles. The van der Waals surface area contributed by atoms with Gasteiger partial charge in [-0.15, -0.1) is 0 Å². The van der Waals surface area contributed by atoms with Gasteiger partial charge in [0.15, 0.2) is 0 Å². The second kappa shape index (κ2) is 7.58. The Morgan fingerprint density at radius 2 is 1.82 bits per heavy atom. The molecule has 2 heterocycles. The van der Waals surface area contributed by atoms with Crippen molar-refractivity contribution in [3.05, 3.63) is 52.8 Å². The van der Waals surface area contributed by atoms with Crippen molar-refractivity contribution in [3.8, 4) is 11.3 Å². The van der Waals surface area contributed by atoms with E-state index >= 15 is 0 Å². The van der Waals surface area contributed by atoms with Crippen LogP contribution in [0.4, 0.5) is 0 Å². The maximum Gasteiger partial charge on any atom is 0.326 e. The molecule has 2 aromatic rings. The van der Waals surface area contributed by atoms with Crippen LogP contribution in [0.25, 0.3) is 11.3 Å². The van der Waals surface area contributed by atoms with Crippen LogP contribution in [0, 0.1) is 5.92 Å². The highest BCUT2D eigenvalue weighted by molar-refractivity contribution is 5.84. The zero-order chi connectivity index (χ0) is 19.7. The van der Waals surface area contributed by atoms with E-state index in [2.05, 4.69) is 5.10 Å². The molecule has 1 aliphatic carbocycles. The van der Waals surface area contributed by atoms with Crippen LogP contribution in [0.2, 0.25) is 0 Å². The Morgan fingerprint density at radius 3 is 2.57 bits per heavy atom.